The molecule has 0 fully saturated rings. The third-order valence-corrected chi connectivity index (χ3v) is 3.79. The Kier molecular flexibility index (Phi) is 4.89. The molecule has 1 nitrogen and oxygen atoms in total. The topological polar surface area (TPSA) is 12.0 Å². The third kappa shape index (κ3) is 3.25. The van der Waals surface area contributed by atoms with Crippen LogP contribution in [-0.2, 0) is 0 Å². The first-order valence-corrected chi connectivity index (χ1v) is 7.26. The van der Waals surface area contributed by atoms with Gasteiger partial charge < -0.3 is 5.32 Å². The number of rotatable bonds is 4. The van der Waals surface area contributed by atoms with Crippen LogP contribution in [0.2, 0.25) is 0 Å². The molecule has 0 aliphatic rings. The summed E-state index contributed by atoms with van der Waals surface area (Å²) in [7, 11) is 0. The average Bonchev–Trinajstić information content (AvgIpc) is 2.36. The fraction of sp³-hybridized carbons (Fsp3) is 0.250. The molecule has 0 radical (unpaired) electrons. The predicted molar refractivity (Wildman–Crippen MR) is 80.8 cm³/mol. The molecule has 2 rings (SSSR count). The van der Waals surface area contributed by atoms with Crippen molar-refractivity contribution in [2.45, 2.75) is 19.9 Å². The molecule has 0 aliphatic carbocycles. The molecule has 0 aromatic heterocycles. The molecule has 106 valence electrons. The second-order valence-corrected chi connectivity index (χ2v) is 5.54. The Hall–Kier alpha value is -1.26. The van der Waals surface area contributed by atoms with Gasteiger partial charge in [0.2, 0.25) is 0 Å². The molecule has 0 saturated heterocycles. The minimum Gasteiger partial charge on any atom is -0.306 e. The summed E-state index contributed by atoms with van der Waals surface area (Å²) in [6, 6.07) is 9.23. The highest BCUT2D eigenvalue weighted by atomic mass is 79.9. The molecule has 1 unspecified atom stereocenters. The predicted octanol–water partition coefficient (Wildman–Crippen LogP) is 4.73. The van der Waals surface area contributed by atoms with Gasteiger partial charge in [0.15, 0.2) is 0 Å². The van der Waals surface area contributed by atoms with Crippen molar-refractivity contribution >= 4 is 15.9 Å². The first-order valence-electron chi connectivity index (χ1n) is 6.47. The number of aryl methyl sites for hydroxylation is 1. The monoisotopic (exact) mass is 339 g/mol. The molecule has 0 spiro atoms. The standard InChI is InChI=1S/C16H16BrF2N/c1-3-20-16(11-7-10(2)8-12(18)9-11)15-13(17)5-4-6-14(15)19/h4-9,16,20H,3H2,1-2H3. The van der Waals surface area contributed by atoms with Gasteiger partial charge in [0.05, 0.1) is 6.04 Å². The van der Waals surface area contributed by atoms with Crippen LogP contribution in [0.15, 0.2) is 40.9 Å². The van der Waals surface area contributed by atoms with E-state index in [0.29, 0.717) is 16.6 Å². The second-order valence-electron chi connectivity index (χ2n) is 4.69. The summed E-state index contributed by atoms with van der Waals surface area (Å²) in [6.07, 6.45) is 0. The molecule has 2 aromatic carbocycles. The Morgan fingerprint density at radius 3 is 2.55 bits per heavy atom. The van der Waals surface area contributed by atoms with E-state index >= 15 is 0 Å². The fourth-order valence-electron chi connectivity index (χ4n) is 2.31. The van der Waals surface area contributed by atoms with Gasteiger partial charge in [-0.2, -0.15) is 0 Å². The van der Waals surface area contributed by atoms with Crippen molar-refractivity contribution in [1.29, 1.82) is 0 Å². The van der Waals surface area contributed by atoms with Crippen LogP contribution in [0.25, 0.3) is 0 Å². The van der Waals surface area contributed by atoms with E-state index in [-0.39, 0.29) is 17.7 Å². The Morgan fingerprint density at radius 1 is 1.20 bits per heavy atom. The van der Waals surface area contributed by atoms with E-state index < -0.39 is 0 Å². The molecule has 1 N–H and O–H groups in total. The normalized spacial score (nSPS) is 12.4. The lowest BCUT2D eigenvalue weighted by Gasteiger charge is -2.21. The average molecular weight is 340 g/mol. The van der Waals surface area contributed by atoms with Gasteiger partial charge in [-0.1, -0.05) is 35.0 Å². The van der Waals surface area contributed by atoms with Gasteiger partial charge in [-0.3, -0.25) is 0 Å². The quantitative estimate of drug-likeness (QED) is 0.848. The maximum absolute atomic E-state index is 14.1. The number of benzene rings is 2. The highest BCUT2D eigenvalue weighted by molar-refractivity contribution is 9.10. The molecule has 0 bridgehead atoms. The lowest BCUT2D eigenvalue weighted by Crippen LogP contribution is -2.23. The van der Waals surface area contributed by atoms with E-state index in [1.807, 2.05) is 19.9 Å². The van der Waals surface area contributed by atoms with E-state index in [4.69, 9.17) is 0 Å². The van der Waals surface area contributed by atoms with Crippen molar-refractivity contribution in [3.8, 4) is 0 Å². The first kappa shape index (κ1) is 15.1. The molecule has 2 aromatic rings. The summed E-state index contributed by atoms with van der Waals surface area (Å²) in [4.78, 5) is 0. The van der Waals surface area contributed by atoms with Crippen molar-refractivity contribution in [2.24, 2.45) is 0 Å². The van der Waals surface area contributed by atoms with E-state index in [2.05, 4.69) is 21.2 Å². The van der Waals surface area contributed by atoms with E-state index in [1.165, 1.54) is 18.2 Å². The zero-order valence-corrected chi connectivity index (χ0v) is 13.0. The van der Waals surface area contributed by atoms with Crippen LogP contribution in [0.1, 0.15) is 29.7 Å². The molecule has 0 amide bonds. The van der Waals surface area contributed by atoms with Crippen LogP contribution in [0.5, 0.6) is 0 Å². The Morgan fingerprint density at radius 2 is 1.95 bits per heavy atom. The van der Waals surface area contributed by atoms with Gasteiger partial charge in [0.25, 0.3) is 0 Å². The van der Waals surface area contributed by atoms with Crippen molar-refractivity contribution < 1.29 is 8.78 Å². The lowest BCUT2D eigenvalue weighted by atomic mass is 9.96. The molecule has 0 heterocycles. The van der Waals surface area contributed by atoms with E-state index in [0.717, 1.165) is 11.1 Å². The third-order valence-electron chi connectivity index (χ3n) is 3.09. The Balaban J connectivity index is 2.56. The summed E-state index contributed by atoms with van der Waals surface area (Å²) in [5, 5.41) is 3.21. The van der Waals surface area contributed by atoms with Crippen LogP contribution in [0.4, 0.5) is 8.78 Å². The summed E-state index contributed by atoms with van der Waals surface area (Å²) in [5.74, 6) is -0.623. The summed E-state index contributed by atoms with van der Waals surface area (Å²) in [6.45, 7) is 4.42. The van der Waals surface area contributed by atoms with Gasteiger partial charge >= 0.3 is 0 Å². The highest BCUT2D eigenvalue weighted by Crippen LogP contribution is 2.31. The van der Waals surface area contributed by atoms with Crippen LogP contribution >= 0.6 is 15.9 Å². The van der Waals surface area contributed by atoms with Gasteiger partial charge in [-0.05, 0) is 48.9 Å². The zero-order valence-electron chi connectivity index (χ0n) is 11.4. The summed E-state index contributed by atoms with van der Waals surface area (Å²) < 4.78 is 28.4. The zero-order chi connectivity index (χ0) is 14.7. The van der Waals surface area contributed by atoms with Gasteiger partial charge in [0.1, 0.15) is 11.6 Å². The number of hydrogen-bond donors (Lipinski definition) is 1. The molecule has 20 heavy (non-hydrogen) atoms. The Bertz CT molecular complexity index is 573. The largest absolute Gasteiger partial charge is 0.306 e. The molecular weight excluding hydrogens is 324 g/mol. The van der Waals surface area contributed by atoms with Crippen molar-refractivity contribution in [1.82, 2.24) is 5.32 Å². The van der Waals surface area contributed by atoms with Crippen molar-refractivity contribution in [3.63, 3.8) is 0 Å². The van der Waals surface area contributed by atoms with Crippen LogP contribution in [0.3, 0.4) is 0 Å². The molecule has 4 heteroatoms. The summed E-state index contributed by atoms with van der Waals surface area (Å²) >= 11 is 3.38. The Labute approximate surface area is 126 Å². The van der Waals surface area contributed by atoms with E-state index in [9.17, 15) is 8.78 Å². The molecule has 1 atom stereocenters. The van der Waals surface area contributed by atoms with Crippen LogP contribution in [-0.4, -0.2) is 6.54 Å². The lowest BCUT2D eigenvalue weighted by molar-refractivity contribution is 0.552. The van der Waals surface area contributed by atoms with Crippen LogP contribution in [0, 0.1) is 18.6 Å². The van der Waals surface area contributed by atoms with Gasteiger partial charge in [-0.25, -0.2) is 8.78 Å². The molecule has 0 aliphatic heterocycles. The summed E-state index contributed by atoms with van der Waals surface area (Å²) in [5.41, 5.74) is 2.03. The number of nitrogens with one attached hydrogen (secondary N) is 1. The fourth-order valence-corrected chi connectivity index (χ4v) is 2.88. The first-order chi connectivity index (χ1) is 9.52. The van der Waals surface area contributed by atoms with Crippen molar-refractivity contribution in [2.75, 3.05) is 6.54 Å². The molecule has 0 saturated carbocycles. The minimum atomic E-state index is -0.384. The van der Waals surface area contributed by atoms with Crippen LogP contribution < -0.4 is 5.32 Å². The second kappa shape index (κ2) is 6.46. The maximum Gasteiger partial charge on any atom is 0.129 e. The van der Waals surface area contributed by atoms with Gasteiger partial charge in [-0.15, -0.1) is 0 Å². The van der Waals surface area contributed by atoms with E-state index in [1.54, 1.807) is 12.1 Å². The number of hydrogen-bond acceptors (Lipinski definition) is 1. The smallest absolute Gasteiger partial charge is 0.129 e. The number of halogens is 3. The SMILES string of the molecule is CCNC(c1cc(C)cc(F)c1)c1c(F)cccc1Br. The molecular formula is C16H16BrF2N. The van der Waals surface area contributed by atoms with Crippen molar-refractivity contribution in [3.05, 3.63) is 69.2 Å². The highest BCUT2D eigenvalue weighted by Gasteiger charge is 2.20. The maximum atomic E-state index is 14.1. The van der Waals surface area contributed by atoms with Gasteiger partial charge in [0, 0.05) is 10.0 Å². The minimum absolute atomic E-state index is 0.310.